The third-order valence-electron chi connectivity index (χ3n) is 3.23. The molecule has 2 aromatic rings. The largest absolute Gasteiger partial charge is 0.480 e. The van der Waals surface area contributed by atoms with E-state index in [4.69, 9.17) is 0 Å². The van der Waals surface area contributed by atoms with Crippen LogP contribution in [0.25, 0.3) is 11.0 Å². The van der Waals surface area contributed by atoms with Gasteiger partial charge in [0.15, 0.2) is 0 Å². The van der Waals surface area contributed by atoms with Crippen LogP contribution in [0.2, 0.25) is 0 Å². The van der Waals surface area contributed by atoms with Crippen LogP contribution in [-0.2, 0) is 4.79 Å². The fraction of sp³-hybridized carbons (Fsp3) is 0.417. The molecule has 0 radical (unpaired) electrons. The molecule has 18 heavy (non-hydrogen) atoms. The normalized spacial score (nSPS) is 16.7. The molecule has 2 heterocycles. The highest BCUT2D eigenvalue weighted by Gasteiger charge is 2.29. The zero-order chi connectivity index (χ0) is 12.5. The highest BCUT2D eigenvalue weighted by atomic mass is 16.4. The summed E-state index contributed by atoms with van der Waals surface area (Å²) in [6, 6.07) is 1.26. The fourth-order valence-electron chi connectivity index (χ4n) is 2.06. The van der Waals surface area contributed by atoms with Crippen molar-refractivity contribution < 1.29 is 9.90 Å². The number of hydrogen-bond acceptors (Lipinski definition) is 4. The first-order valence-electron chi connectivity index (χ1n) is 6.01. The van der Waals surface area contributed by atoms with E-state index in [9.17, 15) is 9.90 Å². The summed E-state index contributed by atoms with van der Waals surface area (Å²) < 4.78 is 0. The van der Waals surface area contributed by atoms with Gasteiger partial charge in [-0.15, -0.1) is 0 Å². The Bertz CT molecular complexity index is 576. The molecule has 1 fully saturated rings. The standard InChI is InChI=1S/C12H14N4O2/c17-12(18)9(5-7-1-2-7)16-11-8-3-4-13-10(8)14-6-15-11/h3-4,6-7,9H,1-2,5H2,(H,17,18)(H2,13,14,15,16)/t9-/m0/s1. The Morgan fingerprint density at radius 2 is 2.39 bits per heavy atom. The van der Waals surface area contributed by atoms with Gasteiger partial charge >= 0.3 is 5.97 Å². The lowest BCUT2D eigenvalue weighted by Gasteiger charge is -2.14. The van der Waals surface area contributed by atoms with Crippen molar-refractivity contribution in [3.8, 4) is 0 Å². The van der Waals surface area contributed by atoms with Gasteiger partial charge in [0.05, 0.1) is 5.39 Å². The molecule has 0 amide bonds. The van der Waals surface area contributed by atoms with E-state index in [1.54, 1.807) is 6.20 Å². The van der Waals surface area contributed by atoms with Crippen molar-refractivity contribution in [1.29, 1.82) is 0 Å². The molecular weight excluding hydrogens is 232 g/mol. The summed E-state index contributed by atoms with van der Waals surface area (Å²) in [6.45, 7) is 0. The first-order chi connectivity index (χ1) is 8.74. The molecule has 1 aliphatic rings. The molecule has 1 saturated carbocycles. The number of aliphatic carboxylic acids is 1. The van der Waals surface area contributed by atoms with E-state index in [1.165, 1.54) is 6.33 Å². The monoisotopic (exact) mass is 246 g/mol. The van der Waals surface area contributed by atoms with E-state index in [2.05, 4.69) is 20.3 Å². The number of aromatic nitrogens is 3. The number of carbonyl (C=O) groups is 1. The van der Waals surface area contributed by atoms with Crippen LogP contribution in [0.15, 0.2) is 18.6 Å². The maximum absolute atomic E-state index is 11.2. The Balaban J connectivity index is 1.84. The topological polar surface area (TPSA) is 90.9 Å². The van der Waals surface area contributed by atoms with Crippen LogP contribution in [0, 0.1) is 5.92 Å². The predicted molar refractivity (Wildman–Crippen MR) is 66.3 cm³/mol. The number of carboxylic acids is 1. The summed E-state index contributed by atoms with van der Waals surface area (Å²) in [5.74, 6) is 0.292. The molecule has 0 aliphatic heterocycles. The van der Waals surface area contributed by atoms with E-state index in [-0.39, 0.29) is 0 Å². The lowest BCUT2D eigenvalue weighted by atomic mass is 10.1. The third kappa shape index (κ3) is 2.13. The third-order valence-corrected chi connectivity index (χ3v) is 3.23. The minimum Gasteiger partial charge on any atom is -0.480 e. The Labute approximate surface area is 103 Å². The van der Waals surface area contributed by atoms with Gasteiger partial charge in [-0.3, -0.25) is 0 Å². The number of H-pyrrole nitrogens is 1. The summed E-state index contributed by atoms with van der Waals surface area (Å²) in [6.07, 6.45) is 6.12. The highest BCUT2D eigenvalue weighted by molar-refractivity contribution is 5.89. The Kier molecular flexibility index (Phi) is 2.62. The second-order valence-corrected chi connectivity index (χ2v) is 4.68. The predicted octanol–water partition coefficient (Wildman–Crippen LogP) is 1.62. The number of aromatic amines is 1. The summed E-state index contributed by atoms with van der Waals surface area (Å²) in [4.78, 5) is 22.4. The summed E-state index contributed by atoms with van der Waals surface area (Å²) in [7, 11) is 0. The number of hydrogen-bond donors (Lipinski definition) is 3. The van der Waals surface area contributed by atoms with Crippen molar-refractivity contribution in [3.05, 3.63) is 18.6 Å². The summed E-state index contributed by atoms with van der Waals surface area (Å²) >= 11 is 0. The average Bonchev–Trinajstić information content (AvgIpc) is 3.03. The Hall–Kier alpha value is -2.11. The average molecular weight is 246 g/mol. The van der Waals surface area contributed by atoms with Crippen LogP contribution >= 0.6 is 0 Å². The molecule has 6 nitrogen and oxygen atoms in total. The number of nitrogens with zero attached hydrogens (tertiary/aromatic N) is 2. The smallest absolute Gasteiger partial charge is 0.326 e. The Morgan fingerprint density at radius 1 is 1.56 bits per heavy atom. The fourth-order valence-corrected chi connectivity index (χ4v) is 2.06. The van der Waals surface area contributed by atoms with Gasteiger partial charge in [0.25, 0.3) is 0 Å². The van der Waals surface area contributed by atoms with Gasteiger partial charge in [0, 0.05) is 6.20 Å². The van der Waals surface area contributed by atoms with E-state index >= 15 is 0 Å². The van der Waals surface area contributed by atoms with Crippen molar-refractivity contribution in [2.75, 3.05) is 5.32 Å². The highest BCUT2D eigenvalue weighted by Crippen LogP contribution is 2.34. The van der Waals surface area contributed by atoms with Crippen molar-refractivity contribution in [2.45, 2.75) is 25.3 Å². The van der Waals surface area contributed by atoms with Gasteiger partial charge in [-0.05, 0) is 18.4 Å². The van der Waals surface area contributed by atoms with E-state index in [1.807, 2.05) is 6.07 Å². The number of rotatable bonds is 5. The molecule has 0 spiro atoms. The van der Waals surface area contributed by atoms with Crippen molar-refractivity contribution in [2.24, 2.45) is 5.92 Å². The summed E-state index contributed by atoms with van der Waals surface area (Å²) in [5, 5.41) is 13.0. The SMILES string of the molecule is O=C(O)[C@H](CC1CC1)Nc1ncnc2[nH]ccc12. The van der Waals surface area contributed by atoms with Crippen molar-refractivity contribution in [1.82, 2.24) is 15.0 Å². The van der Waals surface area contributed by atoms with Crippen LogP contribution in [0.1, 0.15) is 19.3 Å². The molecule has 3 rings (SSSR count). The van der Waals surface area contributed by atoms with Crippen LogP contribution < -0.4 is 5.32 Å². The first kappa shape index (κ1) is 11.0. The Morgan fingerprint density at radius 3 is 3.11 bits per heavy atom. The van der Waals surface area contributed by atoms with Gasteiger partial charge < -0.3 is 15.4 Å². The zero-order valence-electron chi connectivity index (χ0n) is 9.76. The maximum atomic E-state index is 11.2. The van der Waals surface area contributed by atoms with Crippen molar-refractivity contribution in [3.63, 3.8) is 0 Å². The zero-order valence-corrected chi connectivity index (χ0v) is 9.76. The second kappa shape index (κ2) is 4.29. The summed E-state index contributed by atoms with van der Waals surface area (Å²) in [5.41, 5.74) is 0.711. The number of anilines is 1. The van der Waals surface area contributed by atoms with Gasteiger partial charge in [0.2, 0.25) is 0 Å². The second-order valence-electron chi connectivity index (χ2n) is 4.68. The molecular formula is C12H14N4O2. The van der Waals surface area contributed by atoms with Crippen LogP contribution in [0.4, 0.5) is 5.82 Å². The lowest BCUT2D eigenvalue weighted by molar-refractivity contribution is -0.138. The molecule has 3 N–H and O–H groups in total. The van der Waals surface area contributed by atoms with Gasteiger partial charge in [0.1, 0.15) is 23.8 Å². The van der Waals surface area contributed by atoms with Gasteiger partial charge in [-0.2, -0.15) is 0 Å². The molecule has 2 aromatic heterocycles. The van der Waals surface area contributed by atoms with E-state index in [0.29, 0.717) is 23.8 Å². The molecule has 0 saturated heterocycles. The minimum absolute atomic E-state index is 0.544. The molecule has 1 aliphatic carbocycles. The lowest BCUT2D eigenvalue weighted by Crippen LogP contribution is -2.30. The molecule has 0 bridgehead atoms. The van der Waals surface area contributed by atoms with Crippen LogP contribution in [-0.4, -0.2) is 32.1 Å². The molecule has 0 unspecified atom stereocenters. The van der Waals surface area contributed by atoms with Gasteiger partial charge in [-0.1, -0.05) is 12.8 Å². The maximum Gasteiger partial charge on any atom is 0.326 e. The number of carboxylic acid groups (broad SMARTS) is 1. The minimum atomic E-state index is -0.829. The van der Waals surface area contributed by atoms with Crippen molar-refractivity contribution >= 4 is 22.8 Å². The van der Waals surface area contributed by atoms with Crippen LogP contribution in [0.3, 0.4) is 0 Å². The molecule has 0 aromatic carbocycles. The quantitative estimate of drug-likeness (QED) is 0.745. The number of fused-ring (bicyclic) bond motifs is 1. The van der Waals surface area contributed by atoms with E-state index < -0.39 is 12.0 Å². The first-order valence-corrected chi connectivity index (χ1v) is 6.01. The van der Waals surface area contributed by atoms with E-state index in [0.717, 1.165) is 18.2 Å². The molecule has 6 heteroatoms. The van der Waals surface area contributed by atoms with Crippen LogP contribution in [0.5, 0.6) is 0 Å². The molecule has 94 valence electrons. The molecule has 1 atom stereocenters. The van der Waals surface area contributed by atoms with Gasteiger partial charge in [-0.25, -0.2) is 14.8 Å². The number of nitrogens with one attached hydrogen (secondary N) is 2.